The molecule has 1 aromatic heterocycles. The number of benzene rings is 2. The summed E-state index contributed by atoms with van der Waals surface area (Å²) in [4.78, 5) is 27.2. The number of aromatic nitrogens is 1. The van der Waals surface area contributed by atoms with Gasteiger partial charge in [0.1, 0.15) is 0 Å². The molecule has 1 fully saturated rings. The summed E-state index contributed by atoms with van der Waals surface area (Å²) in [5.74, 6) is -0.330. The third kappa shape index (κ3) is 3.88. The summed E-state index contributed by atoms with van der Waals surface area (Å²) in [6, 6.07) is 17.5. The molecule has 2 amide bonds. The van der Waals surface area contributed by atoms with Crippen LogP contribution < -0.4 is 0 Å². The number of thioether (sulfide) groups is 1. The second-order valence-corrected chi connectivity index (χ2v) is 8.98. The zero-order valence-electron chi connectivity index (χ0n) is 18.5. The molecule has 0 spiro atoms. The highest BCUT2D eigenvalue weighted by molar-refractivity contribution is 8.18. The van der Waals surface area contributed by atoms with Crippen LogP contribution in [0.25, 0.3) is 11.8 Å². The van der Waals surface area contributed by atoms with E-state index in [0.29, 0.717) is 16.0 Å². The van der Waals surface area contributed by atoms with Gasteiger partial charge in [-0.15, -0.1) is 0 Å². The molecule has 0 unspecified atom stereocenters. The standard InChI is InChI=1S/C26H23N3O2S/c1-16-9-10-23(17(2)11-16)29-18(3)12-22(19(29)4)13-24-25(30)28(26(31)32-24)15-21-8-6-5-7-20(21)14-27/h5-13H,15H2,1-4H3/b24-13+. The average molecular weight is 442 g/mol. The first-order chi connectivity index (χ1) is 15.3. The summed E-state index contributed by atoms with van der Waals surface area (Å²) >= 11 is 0.940. The van der Waals surface area contributed by atoms with Crippen molar-refractivity contribution in [1.82, 2.24) is 9.47 Å². The van der Waals surface area contributed by atoms with Crippen molar-refractivity contribution in [3.8, 4) is 11.8 Å². The van der Waals surface area contributed by atoms with Crippen molar-refractivity contribution in [2.45, 2.75) is 34.2 Å². The molecule has 0 bridgehead atoms. The molecule has 0 N–H and O–H groups in total. The summed E-state index contributed by atoms with van der Waals surface area (Å²) in [7, 11) is 0. The minimum Gasteiger partial charge on any atom is -0.318 e. The highest BCUT2D eigenvalue weighted by Gasteiger charge is 2.35. The third-order valence-electron chi connectivity index (χ3n) is 5.69. The Morgan fingerprint density at radius 1 is 1.03 bits per heavy atom. The Kier molecular flexibility index (Phi) is 5.77. The lowest BCUT2D eigenvalue weighted by molar-refractivity contribution is -0.123. The summed E-state index contributed by atoms with van der Waals surface area (Å²) in [5, 5.41) is 8.98. The van der Waals surface area contributed by atoms with E-state index in [-0.39, 0.29) is 17.7 Å². The van der Waals surface area contributed by atoms with Crippen LogP contribution in [0.15, 0.2) is 53.4 Å². The number of carbonyl (C=O) groups is 2. The van der Waals surface area contributed by atoms with Crippen molar-refractivity contribution in [2.75, 3.05) is 0 Å². The summed E-state index contributed by atoms with van der Waals surface area (Å²) in [6.07, 6.45) is 1.80. The number of aryl methyl sites for hydroxylation is 3. The second-order valence-electron chi connectivity index (χ2n) is 7.99. The summed E-state index contributed by atoms with van der Waals surface area (Å²) in [5.41, 5.74) is 7.59. The highest BCUT2D eigenvalue weighted by Crippen LogP contribution is 2.35. The van der Waals surface area contributed by atoms with Crippen LogP contribution in [0.4, 0.5) is 4.79 Å². The fourth-order valence-electron chi connectivity index (χ4n) is 4.08. The highest BCUT2D eigenvalue weighted by atomic mass is 32.2. The molecule has 6 heteroatoms. The van der Waals surface area contributed by atoms with Gasteiger partial charge in [0.15, 0.2) is 0 Å². The Morgan fingerprint density at radius 3 is 2.50 bits per heavy atom. The molecular weight excluding hydrogens is 418 g/mol. The van der Waals surface area contributed by atoms with Crippen LogP contribution in [0.5, 0.6) is 0 Å². The van der Waals surface area contributed by atoms with Crippen molar-refractivity contribution in [1.29, 1.82) is 5.26 Å². The van der Waals surface area contributed by atoms with E-state index in [1.54, 1.807) is 30.3 Å². The molecule has 1 aliphatic rings. The van der Waals surface area contributed by atoms with Gasteiger partial charge < -0.3 is 4.57 Å². The third-order valence-corrected chi connectivity index (χ3v) is 6.60. The van der Waals surface area contributed by atoms with Crippen LogP contribution in [-0.2, 0) is 11.3 Å². The maximum absolute atomic E-state index is 13.0. The first-order valence-corrected chi connectivity index (χ1v) is 11.1. The van der Waals surface area contributed by atoms with Gasteiger partial charge >= 0.3 is 0 Å². The number of hydrogen-bond acceptors (Lipinski definition) is 4. The quantitative estimate of drug-likeness (QED) is 0.479. The predicted octanol–water partition coefficient (Wildman–Crippen LogP) is 5.82. The molecule has 0 atom stereocenters. The van der Waals surface area contributed by atoms with E-state index >= 15 is 0 Å². The van der Waals surface area contributed by atoms with E-state index in [2.05, 4.69) is 42.7 Å². The van der Waals surface area contributed by atoms with Gasteiger partial charge in [0.05, 0.1) is 23.1 Å². The van der Waals surface area contributed by atoms with Crippen LogP contribution >= 0.6 is 11.8 Å². The number of amides is 2. The SMILES string of the molecule is Cc1ccc(-n2c(C)cc(/C=C3/SC(=O)N(Cc4ccccc4C#N)C3=O)c2C)c(C)c1. The van der Waals surface area contributed by atoms with Gasteiger partial charge in [-0.05, 0) is 80.4 Å². The minimum atomic E-state index is -0.330. The van der Waals surface area contributed by atoms with Gasteiger partial charge in [-0.25, -0.2) is 0 Å². The molecule has 1 aliphatic heterocycles. The van der Waals surface area contributed by atoms with Crippen LogP contribution in [0.3, 0.4) is 0 Å². The zero-order valence-corrected chi connectivity index (χ0v) is 19.3. The molecular formula is C26H23N3O2S. The summed E-state index contributed by atoms with van der Waals surface area (Å²) < 4.78 is 2.17. The van der Waals surface area contributed by atoms with Gasteiger partial charge in [-0.2, -0.15) is 5.26 Å². The van der Waals surface area contributed by atoms with E-state index in [9.17, 15) is 14.9 Å². The lowest BCUT2D eigenvalue weighted by Gasteiger charge is -2.13. The van der Waals surface area contributed by atoms with E-state index in [1.807, 2.05) is 19.9 Å². The Morgan fingerprint density at radius 2 is 1.78 bits per heavy atom. The zero-order chi connectivity index (χ0) is 23.0. The molecule has 1 saturated heterocycles. The van der Waals surface area contributed by atoms with Gasteiger partial charge in [0, 0.05) is 17.1 Å². The minimum absolute atomic E-state index is 0.0906. The van der Waals surface area contributed by atoms with Crippen molar-refractivity contribution in [2.24, 2.45) is 0 Å². The van der Waals surface area contributed by atoms with Crippen molar-refractivity contribution in [3.05, 3.63) is 92.6 Å². The molecule has 0 aliphatic carbocycles. The Balaban J connectivity index is 1.66. The average Bonchev–Trinajstić information content (AvgIpc) is 3.18. The van der Waals surface area contributed by atoms with Gasteiger partial charge in [-0.3, -0.25) is 14.5 Å². The fourth-order valence-corrected chi connectivity index (χ4v) is 4.91. The van der Waals surface area contributed by atoms with Crippen molar-refractivity contribution in [3.63, 3.8) is 0 Å². The number of imide groups is 1. The second kappa shape index (κ2) is 8.52. The van der Waals surface area contributed by atoms with Crippen LogP contribution in [-0.4, -0.2) is 20.6 Å². The number of rotatable bonds is 4. The maximum atomic E-state index is 13.0. The molecule has 5 nitrogen and oxygen atoms in total. The normalized spacial score (nSPS) is 15.0. The molecule has 4 rings (SSSR count). The molecule has 2 heterocycles. The first kappa shape index (κ1) is 21.7. The number of hydrogen-bond donors (Lipinski definition) is 0. The fraction of sp³-hybridized carbons (Fsp3) is 0.192. The monoisotopic (exact) mass is 441 g/mol. The topological polar surface area (TPSA) is 66.1 Å². The molecule has 160 valence electrons. The van der Waals surface area contributed by atoms with Crippen molar-refractivity contribution >= 4 is 29.0 Å². The Hall–Kier alpha value is -3.56. The van der Waals surface area contributed by atoms with Crippen molar-refractivity contribution < 1.29 is 9.59 Å². The number of nitrogens with zero attached hydrogens (tertiary/aromatic N) is 3. The smallest absolute Gasteiger partial charge is 0.293 e. The molecule has 0 saturated carbocycles. The number of carbonyl (C=O) groups excluding carboxylic acids is 2. The molecule has 3 aromatic rings. The van der Waals surface area contributed by atoms with E-state index in [4.69, 9.17) is 0 Å². The van der Waals surface area contributed by atoms with Gasteiger partial charge in [-0.1, -0.05) is 35.9 Å². The maximum Gasteiger partial charge on any atom is 0.293 e. The van der Waals surface area contributed by atoms with E-state index in [0.717, 1.165) is 34.4 Å². The van der Waals surface area contributed by atoms with Crippen LogP contribution in [0, 0.1) is 39.0 Å². The Bertz CT molecular complexity index is 1330. The molecule has 2 aromatic carbocycles. The molecule has 0 radical (unpaired) electrons. The molecule has 32 heavy (non-hydrogen) atoms. The number of nitriles is 1. The lowest BCUT2D eigenvalue weighted by atomic mass is 10.1. The largest absolute Gasteiger partial charge is 0.318 e. The van der Waals surface area contributed by atoms with E-state index < -0.39 is 0 Å². The predicted molar refractivity (Wildman–Crippen MR) is 127 cm³/mol. The van der Waals surface area contributed by atoms with Crippen LogP contribution in [0.1, 0.15) is 39.2 Å². The summed E-state index contributed by atoms with van der Waals surface area (Å²) in [6.45, 7) is 8.31. The first-order valence-electron chi connectivity index (χ1n) is 10.3. The Labute approximate surface area is 192 Å². The van der Waals surface area contributed by atoms with Gasteiger partial charge in [0.2, 0.25) is 0 Å². The van der Waals surface area contributed by atoms with Gasteiger partial charge in [0.25, 0.3) is 11.1 Å². The van der Waals surface area contributed by atoms with E-state index in [1.165, 1.54) is 16.0 Å². The lowest BCUT2D eigenvalue weighted by Crippen LogP contribution is -2.27. The van der Waals surface area contributed by atoms with Crippen LogP contribution in [0.2, 0.25) is 0 Å².